The Kier molecular flexibility index (Phi) is 5.60. The lowest BCUT2D eigenvalue weighted by Gasteiger charge is -2.25. The van der Waals surface area contributed by atoms with Crippen molar-refractivity contribution in [3.63, 3.8) is 0 Å². The zero-order valence-electron chi connectivity index (χ0n) is 14.2. The number of alkyl halides is 6. The summed E-state index contributed by atoms with van der Waals surface area (Å²) in [6.07, 6.45) is -6.83. The van der Waals surface area contributed by atoms with Crippen molar-refractivity contribution in [2.45, 2.75) is 44.7 Å². The first kappa shape index (κ1) is 20.5. The highest BCUT2D eigenvalue weighted by Gasteiger charge is 2.39. The first-order valence-electron chi connectivity index (χ1n) is 8.21. The highest BCUT2D eigenvalue weighted by atomic mass is 35.5. The Morgan fingerprint density at radius 2 is 2.00 bits per heavy atom. The molecule has 1 aromatic heterocycles. The highest BCUT2D eigenvalue weighted by Crippen LogP contribution is 2.37. The van der Waals surface area contributed by atoms with E-state index in [0.29, 0.717) is 12.8 Å². The second kappa shape index (κ2) is 7.65. The van der Waals surface area contributed by atoms with Gasteiger partial charge >= 0.3 is 6.18 Å². The fraction of sp³-hybridized carbons (Fsp3) is 0.412. The fourth-order valence-electron chi connectivity index (χ4n) is 2.94. The molecular formula is C17H14ClF6N3O. The predicted octanol–water partition coefficient (Wildman–Crippen LogP) is 5.29. The zero-order valence-corrected chi connectivity index (χ0v) is 14.9. The summed E-state index contributed by atoms with van der Waals surface area (Å²) in [5.74, 6) is -0.993. The molecule has 1 fully saturated rings. The fourth-order valence-corrected chi connectivity index (χ4v) is 3.13. The maximum atomic E-state index is 13.3. The van der Waals surface area contributed by atoms with Crippen molar-refractivity contribution < 1.29 is 31.1 Å². The number of carbonyl (C=O) groups is 1. The third-order valence-electron chi connectivity index (χ3n) is 4.39. The number of aromatic nitrogens is 2. The zero-order chi connectivity index (χ0) is 20.6. The molecule has 0 atom stereocenters. The second-order valence-electron chi connectivity index (χ2n) is 6.36. The van der Waals surface area contributed by atoms with Crippen LogP contribution in [0.4, 0.5) is 26.3 Å². The summed E-state index contributed by atoms with van der Waals surface area (Å²) < 4.78 is 79.4. The molecule has 0 bridgehead atoms. The quantitative estimate of drug-likeness (QED) is 0.639. The summed E-state index contributed by atoms with van der Waals surface area (Å²) in [6, 6.07) is 2.51. The number of halogens is 7. The Morgan fingerprint density at radius 1 is 1.32 bits per heavy atom. The summed E-state index contributed by atoms with van der Waals surface area (Å²) in [4.78, 5) is 13.9. The lowest BCUT2D eigenvalue weighted by molar-refractivity contribution is -0.138. The number of hydrogen-bond acceptors (Lipinski definition) is 2. The molecule has 1 aliphatic rings. The first-order chi connectivity index (χ1) is 13.1. The van der Waals surface area contributed by atoms with Crippen LogP contribution in [0.1, 0.15) is 52.1 Å². The molecule has 1 heterocycles. The van der Waals surface area contributed by atoms with Crippen molar-refractivity contribution in [2.24, 2.45) is 0 Å². The van der Waals surface area contributed by atoms with Gasteiger partial charge in [-0.05, 0) is 36.6 Å². The van der Waals surface area contributed by atoms with Crippen molar-refractivity contribution in [1.82, 2.24) is 15.1 Å². The van der Waals surface area contributed by atoms with Crippen LogP contribution < -0.4 is 0 Å². The Morgan fingerprint density at radius 3 is 2.54 bits per heavy atom. The van der Waals surface area contributed by atoms with E-state index in [9.17, 15) is 31.1 Å². The van der Waals surface area contributed by atoms with Crippen LogP contribution in [0.3, 0.4) is 0 Å². The number of aromatic amines is 1. The van der Waals surface area contributed by atoms with Gasteiger partial charge < -0.3 is 4.90 Å². The predicted molar refractivity (Wildman–Crippen MR) is 87.7 cm³/mol. The van der Waals surface area contributed by atoms with Gasteiger partial charge in [0, 0.05) is 17.6 Å². The van der Waals surface area contributed by atoms with E-state index in [2.05, 4.69) is 10.2 Å². The van der Waals surface area contributed by atoms with Crippen molar-refractivity contribution in [3.05, 3.63) is 51.3 Å². The van der Waals surface area contributed by atoms with Gasteiger partial charge in [-0.15, -0.1) is 0 Å². The minimum absolute atomic E-state index is 0.0345. The third kappa shape index (κ3) is 4.11. The Balaban J connectivity index is 2.00. The average molecular weight is 426 g/mol. The van der Waals surface area contributed by atoms with Gasteiger partial charge in [0.05, 0.1) is 16.8 Å². The van der Waals surface area contributed by atoms with Crippen LogP contribution in [0.15, 0.2) is 18.2 Å². The molecule has 0 aliphatic heterocycles. The second-order valence-corrected chi connectivity index (χ2v) is 6.80. The molecule has 28 heavy (non-hydrogen) atoms. The van der Waals surface area contributed by atoms with Crippen molar-refractivity contribution in [2.75, 3.05) is 0 Å². The summed E-state index contributed by atoms with van der Waals surface area (Å²) in [5, 5.41) is 5.37. The minimum Gasteiger partial charge on any atom is -0.331 e. The molecule has 2 aromatic rings. The highest BCUT2D eigenvalue weighted by molar-refractivity contribution is 6.30. The van der Waals surface area contributed by atoms with E-state index >= 15 is 0 Å². The maximum Gasteiger partial charge on any atom is 0.416 e. The Bertz CT molecular complexity index is 878. The molecule has 1 N–H and O–H groups in total. The van der Waals surface area contributed by atoms with Crippen LogP contribution in [0.2, 0.25) is 5.02 Å². The topological polar surface area (TPSA) is 49.0 Å². The van der Waals surface area contributed by atoms with E-state index in [1.165, 1.54) is 0 Å². The third-order valence-corrected chi connectivity index (χ3v) is 4.62. The summed E-state index contributed by atoms with van der Waals surface area (Å²) in [5.41, 5.74) is -3.26. The van der Waals surface area contributed by atoms with Gasteiger partial charge in [0.1, 0.15) is 12.4 Å². The molecule has 1 saturated carbocycles. The largest absolute Gasteiger partial charge is 0.416 e. The number of hydrogen-bond donors (Lipinski definition) is 1. The number of nitrogens with one attached hydrogen (secondary N) is 1. The van der Waals surface area contributed by atoms with E-state index in [0.717, 1.165) is 23.1 Å². The number of benzene rings is 1. The molecule has 0 spiro atoms. The van der Waals surface area contributed by atoms with Crippen LogP contribution in [0.25, 0.3) is 0 Å². The van der Waals surface area contributed by atoms with Gasteiger partial charge in [-0.1, -0.05) is 11.6 Å². The lowest BCUT2D eigenvalue weighted by Crippen LogP contribution is -2.34. The molecule has 1 aromatic carbocycles. The number of H-pyrrole nitrogens is 1. The molecule has 152 valence electrons. The first-order valence-corrected chi connectivity index (χ1v) is 8.59. The smallest absolute Gasteiger partial charge is 0.331 e. The van der Waals surface area contributed by atoms with Gasteiger partial charge in [-0.25, -0.2) is 13.2 Å². The van der Waals surface area contributed by atoms with Crippen LogP contribution in [0.5, 0.6) is 0 Å². The Labute approximate surface area is 160 Å². The summed E-state index contributed by atoms with van der Waals surface area (Å²) in [6.45, 7) is -1.75. The SMILES string of the molecule is O=C(c1c(C(F)F)n[nH]c1CF)N(Cc1cc(Cl)ccc1C(F)(F)F)C1CC1. The molecule has 4 nitrogen and oxygen atoms in total. The molecule has 1 amide bonds. The van der Waals surface area contributed by atoms with Crippen molar-refractivity contribution in [3.8, 4) is 0 Å². The van der Waals surface area contributed by atoms with E-state index in [4.69, 9.17) is 11.6 Å². The summed E-state index contributed by atoms with van der Waals surface area (Å²) in [7, 11) is 0. The maximum absolute atomic E-state index is 13.3. The molecule has 3 rings (SSSR count). The van der Waals surface area contributed by atoms with Gasteiger partial charge in [0.15, 0.2) is 0 Å². The molecule has 1 aliphatic carbocycles. The minimum atomic E-state index is -4.69. The number of rotatable bonds is 6. The summed E-state index contributed by atoms with van der Waals surface area (Å²) >= 11 is 5.80. The molecule has 0 unspecified atom stereocenters. The van der Waals surface area contributed by atoms with Crippen molar-refractivity contribution >= 4 is 17.5 Å². The normalized spacial score (nSPS) is 14.6. The number of carbonyl (C=O) groups excluding carboxylic acids is 1. The van der Waals surface area contributed by atoms with E-state index in [1.54, 1.807) is 0 Å². The van der Waals surface area contributed by atoms with Crippen LogP contribution in [-0.4, -0.2) is 27.0 Å². The van der Waals surface area contributed by atoms with Crippen LogP contribution >= 0.6 is 11.6 Å². The molecule has 11 heteroatoms. The molecular weight excluding hydrogens is 412 g/mol. The molecule has 0 radical (unpaired) electrons. The van der Waals surface area contributed by atoms with Crippen LogP contribution in [-0.2, 0) is 19.4 Å². The van der Waals surface area contributed by atoms with E-state index in [-0.39, 0.29) is 10.6 Å². The lowest BCUT2D eigenvalue weighted by atomic mass is 10.1. The number of nitrogens with zero attached hydrogens (tertiary/aromatic N) is 2. The van der Waals surface area contributed by atoms with Gasteiger partial charge in [0.25, 0.3) is 12.3 Å². The van der Waals surface area contributed by atoms with E-state index in [1.807, 2.05) is 0 Å². The average Bonchev–Trinajstić information content (AvgIpc) is 3.35. The van der Waals surface area contributed by atoms with Gasteiger partial charge in [-0.3, -0.25) is 9.89 Å². The molecule has 0 saturated heterocycles. The van der Waals surface area contributed by atoms with Crippen LogP contribution in [0, 0.1) is 0 Å². The van der Waals surface area contributed by atoms with Crippen molar-refractivity contribution in [1.29, 1.82) is 0 Å². The number of amides is 1. The monoisotopic (exact) mass is 425 g/mol. The van der Waals surface area contributed by atoms with Gasteiger partial charge in [0.2, 0.25) is 0 Å². The van der Waals surface area contributed by atoms with Gasteiger partial charge in [-0.2, -0.15) is 18.3 Å². The standard InChI is InChI=1S/C17H14ClF6N3O/c18-9-1-4-11(17(22,23)24)8(5-9)7-27(10-2-3-10)16(28)13-12(6-19)25-26-14(13)15(20)21/h1,4-5,10,15H,2-3,6-7H2,(H,25,26). The Hall–Kier alpha value is -2.23. The van der Waals surface area contributed by atoms with E-state index < -0.39 is 60.3 Å².